The number of aromatic nitrogens is 1. The van der Waals surface area contributed by atoms with Gasteiger partial charge in [-0.25, -0.2) is 4.98 Å². The van der Waals surface area contributed by atoms with E-state index in [1.807, 2.05) is 18.3 Å². The van der Waals surface area contributed by atoms with Gasteiger partial charge in [-0.2, -0.15) is 0 Å². The molecule has 126 valence electrons. The third kappa shape index (κ3) is 10.2. The molecule has 4 nitrogen and oxygen atoms in total. The number of pyridine rings is 1. The van der Waals surface area contributed by atoms with Crippen LogP contribution in [0.5, 0.6) is 0 Å². The lowest BCUT2D eigenvalue weighted by molar-refractivity contribution is 0.670. The molecule has 0 radical (unpaired) electrons. The molecule has 1 rings (SSSR count). The number of aliphatic imine (C=N–C) groups is 1. The zero-order valence-corrected chi connectivity index (χ0v) is 16.7. The SMILES string of the molecule is CCCCCCN=C(NCC)NCCc1ccc(Cl)nc1.I. The first-order valence-electron chi connectivity index (χ1n) is 7.88. The van der Waals surface area contributed by atoms with E-state index in [-0.39, 0.29) is 24.0 Å². The molecule has 0 amide bonds. The van der Waals surface area contributed by atoms with E-state index >= 15 is 0 Å². The van der Waals surface area contributed by atoms with Crippen molar-refractivity contribution in [2.75, 3.05) is 19.6 Å². The van der Waals surface area contributed by atoms with Crippen LogP contribution >= 0.6 is 35.6 Å². The van der Waals surface area contributed by atoms with Gasteiger partial charge in [0.15, 0.2) is 5.96 Å². The Hall–Kier alpha value is -0.560. The van der Waals surface area contributed by atoms with Gasteiger partial charge in [-0.3, -0.25) is 4.99 Å². The van der Waals surface area contributed by atoms with Crippen molar-refractivity contribution >= 4 is 41.5 Å². The zero-order chi connectivity index (χ0) is 15.3. The van der Waals surface area contributed by atoms with Gasteiger partial charge in [-0.05, 0) is 31.4 Å². The number of hydrogen-bond acceptors (Lipinski definition) is 2. The van der Waals surface area contributed by atoms with E-state index in [1.54, 1.807) is 0 Å². The molecule has 2 N–H and O–H groups in total. The van der Waals surface area contributed by atoms with Crippen LogP contribution < -0.4 is 10.6 Å². The number of rotatable bonds is 9. The average Bonchev–Trinajstić information content (AvgIpc) is 2.49. The highest BCUT2D eigenvalue weighted by Crippen LogP contribution is 2.05. The summed E-state index contributed by atoms with van der Waals surface area (Å²) in [6.45, 7) is 6.91. The van der Waals surface area contributed by atoms with E-state index in [0.29, 0.717) is 5.15 Å². The summed E-state index contributed by atoms with van der Waals surface area (Å²) >= 11 is 5.77. The summed E-state index contributed by atoms with van der Waals surface area (Å²) < 4.78 is 0. The number of nitrogens with one attached hydrogen (secondary N) is 2. The lowest BCUT2D eigenvalue weighted by Gasteiger charge is -2.11. The fourth-order valence-electron chi connectivity index (χ4n) is 1.95. The Kier molecular flexibility index (Phi) is 13.7. The Bertz CT molecular complexity index is 409. The highest BCUT2D eigenvalue weighted by molar-refractivity contribution is 14.0. The van der Waals surface area contributed by atoms with Gasteiger partial charge in [0.1, 0.15) is 5.15 Å². The van der Waals surface area contributed by atoms with Crippen LogP contribution in [-0.4, -0.2) is 30.6 Å². The molecule has 0 aliphatic rings. The van der Waals surface area contributed by atoms with Crippen LogP contribution in [0, 0.1) is 0 Å². The summed E-state index contributed by atoms with van der Waals surface area (Å²) in [5, 5.41) is 7.16. The number of unbranched alkanes of at least 4 members (excludes halogenated alkanes) is 3. The summed E-state index contributed by atoms with van der Waals surface area (Å²) in [4.78, 5) is 8.67. The molecule has 0 spiro atoms. The minimum absolute atomic E-state index is 0. The molecular weight excluding hydrogens is 411 g/mol. The van der Waals surface area contributed by atoms with Crippen molar-refractivity contribution in [1.82, 2.24) is 15.6 Å². The van der Waals surface area contributed by atoms with Gasteiger partial charge in [-0.15, -0.1) is 24.0 Å². The normalized spacial score (nSPS) is 11.0. The second-order valence-electron chi connectivity index (χ2n) is 4.99. The Morgan fingerprint density at radius 2 is 2.00 bits per heavy atom. The van der Waals surface area contributed by atoms with Gasteiger partial charge >= 0.3 is 0 Å². The topological polar surface area (TPSA) is 49.3 Å². The lowest BCUT2D eigenvalue weighted by atomic mass is 10.2. The predicted molar refractivity (Wildman–Crippen MR) is 106 cm³/mol. The predicted octanol–water partition coefficient (Wildman–Crippen LogP) is 4.03. The van der Waals surface area contributed by atoms with E-state index in [2.05, 4.69) is 34.5 Å². The second kappa shape index (κ2) is 14.1. The fourth-order valence-corrected chi connectivity index (χ4v) is 2.06. The van der Waals surface area contributed by atoms with Crippen molar-refractivity contribution in [3.8, 4) is 0 Å². The number of hydrogen-bond donors (Lipinski definition) is 2. The lowest BCUT2D eigenvalue weighted by Crippen LogP contribution is -2.38. The van der Waals surface area contributed by atoms with Crippen molar-refractivity contribution in [1.29, 1.82) is 0 Å². The summed E-state index contributed by atoms with van der Waals surface area (Å²) in [6.07, 6.45) is 7.70. The van der Waals surface area contributed by atoms with Crippen molar-refractivity contribution in [2.45, 2.75) is 46.0 Å². The van der Waals surface area contributed by atoms with Crippen molar-refractivity contribution in [2.24, 2.45) is 4.99 Å². The summed E-state index contributed by atoms with van der Waals surface area (Å²) in [6, 6.07) is 3.83. The summed E-state index contributed by atoms with van der Waals surface area (Å²) in [5.74, 6) is 0.899. The second-order valence-corrected chi connectivity index (χ2v) is 5.37. The Labute approximate surface area is 156 Å². The maximum atomic E-state index is 5.77. The quantitative estimate of drug-likeness (QED) is 0.201. The molecule has 0 atom stereocenters. The molecule has 22 heavy (non-hydrogen) atoms. The maximum absolute atomic E-state index is 5.77. The molecule has 0 aromatic carbocycles. The van der Waals surface area contributed by atoms with E-state index in [0.717, 1.165) is 38.4 Å². The van der Waals surface area contributed by atoms with Crippen LogP contribution in [0.2, 0.25) is 5.15 Å². The van der Waals surface area contributed by atoms with Crippen LogP contribution in [0.25, 0.3) is 0 Å². The first-order chi connectivity index (χ1) is 10.3. The Morgan fingerprint density at radius 1 is 1.18 bits per heavy atom. The fraction of sp³-hybridized carbons (Fsp3) is 0.625. The van der Waals surface area contributed by atoms with Gasteiger partial charge in [0.05, 0.1) is 0 Å². The van der Waals surface area contributed by atoms with Crippen LogP contribution in [0.15, 0.2) is 23.3 Å². The molecule has 0 unspecified atom stereocenters. The van der Waals surface area contributed by atoms with Gasteiger partial charge in [-0.1, -0.05) is 43.9 Å². The maximum Gasteiger partial charge on any atom is 0.191 e. The van der Waals surface area contributed by atoms with Gasteiger partial charge < -0.3 is 10.6 Å². The summed E-state index contributed by atoms with van der Waals surface area (Å²) in [7, 11) is 0. The van der Waals surface area contributed by atoms with Crippen molar-refractivity contribution in [3.63, 3.8) is 0 Å². The monoisotopic (exact) mass is 438 g/mol. The van der Waals surface area contributed by atoms with Crippen LogP contribution in [-0.2, 0) is 6.42 Å². The molecular formula is C16H28ClIN4. The third-order valence-corrected chi connectivity index (χ3v) is 3.34. The number of nitrogens with zero attached hydrogens (tertiary/aromatic N) is 2. The number of guanidine groups is 1. The standard InChI is InChI=1S/C16H27ClN4.HI/c1-3-5-6-7-11-19-16(18-4-2)20-12-10-14-8-9-15(17)21-13-14;/h8-9,13H,3-7,10-12H2,1-2H3,(H2,18,19,20);1H. The molecule has 0 aliphatic carbocycles. The molecule has 0 saturated heterocycles. The minimum atomic E-state index is 0. The van der Waals surface area contributed by atoms with E-state index in [4.69, 9.17) is 11.6 Å². The van der Waals surface area contributed by atoms with Crippen LogP contribution in [0.3, 0.4) is 0 Å². The van der Waals surface area contributed by atoms with Crippen molar-refractivity contribution < 1.29 is 0 Å². The van der Waals surface area contributed by atoms with Gasteiger partial charge in [0, 0.05) is 25.8 Å². The molecule has 0 saturated carbocycles. The van der Waals surface area contributed by atoms with Gasteiger partial charge in [0.2, 0.25) is 0 Å². The molecule has 0 bridgehead atoms. The molecule has 1 aromatic rings. The first-order valence-corrected chi connectivity index (χ1v) is 8.26. The summed E-state index contributed by atoms with van der Waals surface area (Å²) in [5.41, 5.74) is 1.17. The van der Waals surface area contributed by atoms with Crippen molar-refractivity contribution in [3.05, 3.63) is 29.0 Å². The minimum Gasteiger partial charge on any atom is -0.357 e. The zero-order valence-electron chi connectivity index (χ0n) is 13.6. The third-order valence-electron chi connectivity index (χ3n) is 3.12. The smallest absolute Gasteiger partial charge is 0.191 e. The van der Waals surface area contributed by atoms with E-state index in [1.165, 1.54) is 24.8 Å². The van der Waals surface area contributed by atoms with E-state index < -0.39 is 0 Å². The van der Waals surface area contributed by atoms with Crippen LogP contribution in [0.1, 0.15) is 45.1 Å². The largest absolute Gasteiger partial charge is 0.357 e. The molecule has 1 aromatic heterocycles. The van der Waals surface area contributed by atoms with Gasteiger partial charge in [0.25, 0.3) is 0 Å². The highest BCUT2D eigenvalue weighted by Gasteiger charge is 1.98. The average molecular weight is 439 g/mol. The molecule has 1 heterocycles. The Morgan fingerprint density at radius 3 is 2.64 bits per heavy atom. The molecule has 0 fully saturated rings. The first kappa shape index (κ1) is 21.4. The Balaban J connectivity index is 0.00000441. The number of halogens is 2. The molecule has 6 heteroatoms. The molecule has 0 aliphatic heterocycles. The highest BCUT2D eigenvalue weighted by atomic mass is 127. The van der Waals surface area contributed by atoms with Crippen LogP contribution in [0.4, 0.5) is 0 Å². The van der Waals surface area contributed by atoms with E-state index in [9.17, 15) is 0 Å².